The summed E-state index contributed by atoms with van der Waals surface area (Å²) in [4.78, 5) is 2.79. The van der Waals surface area contributed by atoms with Crippen molar-refractivity contribution in [3.05, 3.63) is 10.4 Å². The molecule has 0 unspecified atom stereocenters. The summed E-state index contributed by atoms with van der Waals surface area (Å²) in [5.74, 6) is 0.612. The Morgan fingerprint density at radius 1 is 1.56 bits per heavy atom. The molecule has 1 rings (SSSR count). The SMILES string of the molecule is C[C@H]1CCC[C@H]1N=[N+]=[N-]. The Morgan fingerprint density at radius 2 is 2.33 bits per heavy atom. The Kier molecular flexibility index (Phi) is 1.96. The fourth-order valence-electron chi connectivity index (χ4n) is 1.36. The zero-order chi connectivity index (χ0) is 6.69. The predicted molar refractivity (Wildman–Crippen MR) is 35.9 cm³/mol. The summed E-state index contributed by atoms with van der Waals surface area (Å²) in [6.07, 6.45) is 3.54. The molecule has 2 atom stereocenters. The summed E-state index contributed by atoms with van der Waals surface area (Å²) in [6.45, 7) is 2.15. The Hall–Kier alpha value is -0.690. The van der Waals surface area contributed by atoms with Crippen molar-refractivity contribution in [2.45, 2.75) is 32.2 Å². The first kappa shape index (κ1) is 6.43. The molecule has 0 aromatic rings. The van der Waals surface area contributed by atoms with Gasteiger partial charge in [-0.1, -0.05) is 24.9 Å². The van der Waals surface area contributed by atoms with E-state index in [1.54, 1.807) is 0 Å². The molecule has 1 aliphatic rings. The van der Waals surface area contributed by atoms with E-state index in [1.807, 2.05) is 0 Å². The van der Waals surface area contributed by atoms with Crippen molar-refractivity contribution in [2.24, 2.45) is 11.0 Å². The first-order chi connectivity index (χ1) is 4.34. The smallest absolute Gasteiger partial charge is 0.0399 e. The molecule has 1 aliphatic carbocycles. The fraction of sp³-hybridized carbons (Fsp3) is 1.00. The van der Waals surface area contributed by atoms with Gasteiger partial charge in [0.05, 0.1) is 0 Å². The second-order valence-corrected chi connectivity index (χ2v) is 2.68. The van der Waals surface area contributed by atoms with Gasteiger partial charge in [0.25, 0.3) is 0 Å². The Labute approximate surface area is 54.7 Å². The largest absolute Gasteiger partial charge is 0.0903 e. The summed E-state index contributed by atoms with van der Waals surface area (Å²) < 4.78 is 0. The van der Waals surface area contributed by atoms with Crippen LogP contribution in [-0.4, -0.2) is 6.04 Å². The molecule has 3 heteroatoms. The van der Waals surface area contributed by atoms with E-state index in [0.717, 1.165) is 6.42 Å². The maximum atomic E-state index is 8.10. The quantitative estimate of drug-likeness (QED) is 0.293. The van der Waals surface area contributed by atoms with Gasteiger partial charge in [0, 0.05) is 11.0 Å². The molecule has 0 N–H and O–H groups in total. The summed E-state index contributed by atoms with van der Waals surface area (Å²) in [5.41, 5.74) is 8.10. The van der Waals surface area contributed by atoms with Gasteiger partial charge in [0.2, 0.25) is 0 Å². The molecule has 0 aliphatic heterocycles. The van der Waals surface area contributed by atoms with Crippen molar-refractivity contribution in [3.63, 3.8) is 0 Å². The number of rotatable bonds is 1. The van der Waals surface area contributed by atoms with Gasteiger partial charge in [0.15, 0.2) is 0 Å². The van der Waals surface area contributed by atoms with Crippen LogP contribution in [-0.2, 0) is 0 Å². The average molecular weight is 125 g/mol. The number of azide groups is 1. The molecule has 9 heavy (non-hydrogen) atoms. The molecule has 0 bridgehead atoms. The van der Waals surface area contributed by atoms with Crippen molar-refractivity contribution < 1.29 is 0 Å². The zero-order valence-electron chi connectivity index (χ0n) is 5.62. The van der Waals surface area contributed by atoms with E-state index in [1.165, 1.54) is 12.8 Å². The monoisotopic (exact) mass is 125 g/mol. The molecule has 0 spiro atoms. The van der Waals surface area contributed by atoms with Crippen molar-refractivity contribution >= 4 is 0 Å². The average Bonchev–Trinajstić information content (AvgIpc) is 2.18. The zero-order valence-corrected chi connectivity index (χ0v) is 5.62. The number of hydrogen-bond acceptors (Lipinski definition) is 1. The van der Waals surface area contributed by atoms with E-state index >= 15 is 0 Å². The third kappa shape index (κ3) is 1.36. The van der Waals surface area contributed by atoms with Crippen LogP contribution in [0.4, 0.5) is 0 Å². The molecule has 0 amide bonds. The van der Waals surface area contributed by atoms with Crippen molar-refractivity contribution in [1.82, 2.24) is 0 Å². The van der Waals surface area contributed by atoms with Gasteiger partial charge in [-0.15, -0.1) is 0 Å². The fourth-order valence-corrected chi connectivity index (χ4v) is 1.36. The summed E-state index contributed by atoms with van der Waals surface area (Å²) >= 11 is 0. The maximum Gasteiger partial charge on any atom is 0.0399 e. The number of nitrogens with zero attached hydrogens (tertiary/aromatic N) is 3. The highest BCUT2D eigenvalue weighted by atomic mass is 15.1. The Bertz CT molecular complexity index is 137. The van der Waals surface area contributed by atoms with Crippen LogP contribution in [0.3, 0.4) is 0 Å². The third-order valence-corrected chi connectivity index (χ3v) is 2.02. The molecule has 50 valence electrons. The normalized spacial score (nSPS) is 33.9. The molecule has 0 radical (unpaired) electrons. The molecule has 1 saturated carbocycles. The van der Waals surface area contributed by atoms with E-state index in [9.17, 15) is 0 Å². The van der Waals surface area contributed by atoms with Crippen LogP contribution in [0.5, 0.6) is 0 Å². The van der Waals surface area contributed by atoms with E-state index < -0.39 is 0 Å². The molecule has 0 aromatic heterocycles. The van der Waals surface area contributed by atoms with Gasteiger partial charge >= 0.3 is 0 Å². The summed E-state index contributed by atoms with van der Waals surface area (Å²) in [7, 11) is 0. The van der Waals surface area contributed by atoms with E-state index in [2.05, 4.69) is 16.9 Å². The minimum absolute atomic E-state index is 0.287. The third-order valence-electron chi connectivity index (χ3n) is 2.02. The predicted octanol–water partition coefficient (Wildman–Crippen LogP) is 2.49. The topological polar surface area (TPSA) is 48.8 Å². The van der Waals surface area contributed by atoms with Gasteiger partial charge in [0.1, 0.15) is 0 Å². The lowest BCUT2D eigenvalue weighted by molar-refractivity contribution is 0.525. The van der Waals surface area contributed by atoms with Gasteiger partial charge in [-0.2, -0.15) is 0 Å². The second-order valence-electron chi connectivity index (χ2n) is 2.68. The highest BCUT2D eigenvalue weighted by Gasteiger charge is 2.21. The van der Waals surface area contributed by atoms with Crippen molar-refractivity contribution in [2.75, 3.05) is 0 Å². The highest BCUT2D eigenvalue weighted by molar-refractivity contribution is 4.79. The lowest BCUT2D eigenvalue weighted by Crippen LogP contribution is -2.05. The van der Waals surface area contributed by atoms with Crippen LogP contribution in [0, 0.1) is 5.92 Å². The lowest BCUT2D eigenvalue weighted by atomic mass is 10.1. The van der Waals surface area contributed by atoms with Gasteiger partial charge < -0.3 is 0 Å². The van der Waals surface area contributed by atoms with Crippen LogP contribution in [0.25, 0.3) is 10.4 Å². The molecular weight excluding hydrogens is 114 g/mol. The number of hydrogen-bond donors (Lipinski definition) is 0. The van der Waals surface area contributed by atoms with E-state index in [4.69, 9.17) is 5.53 Å². The minimum Gasteiger partial charge on any atom is -0.0903 e. The molecule has 0 heterocycles. The molecular formula is C6H11N3. The minimum atomic E-state index is 0.287. The second kappa shape index (κ2) is 2.74. The van der Waals surface area contributed by atoms with Crippen LogP contribution < -0.4 is 0 Å². The van der Waals surface area contributed by atoms with Crippen LogP contribution in [0.2, 0.25) is 0 Å². The lowest BCUT2D eigenvalue weighted by Gasteiger charge is -2.05. The first-order valence-corrected chi connectivity index (χ1v) is 3.39. The van der Waals surface area contributed by atoms with Gasteiger partial charge in [-0.05, 0) is 17.9 Å². The van der Waals surface area contributed by atoms with Crippen LogP contribution in [0.1, 0.15) is 26.2 Å². The highest BCUT2D eigenvalue weighted by Crippen LogP contribution is 2.27. The first-order valence-electron chi connectivity index (χ1n) is 3.39. The molecule has 0 aromatic carbocycles. The maximum absolute atomic E-state index is 8.10. The van der Waals surface area contributed by atoms with E-state index in [-0.39, 0.29) is 6.04 Å². The van der Waals surface area contributed by atoms with Gasteiger partial charge in [-0.3, -0.25) is 0 Å². The van der Waals surface area contributed by atoms with Crippen LogP contribution >= 0.6 is 0 Å². The Morgan fingerprint density at radius 3 is 2.78 bits per heavy atom. The van der Waals surface area contributed by atoms with Crippen LogP contribution in [0.15, 0.2) is 5.11 Å². The standard InChI is InChI=1S/C6H11N3/c1-5-3-2-4-6(5)8-9-7/h5-6H,2-4H2,1H3/t5-,6+/m0/s1. The molecule has 3 nitrogen and oxygen atoms in total. The van der Waals surface area contributed by atoms with Crippen molar-refractivity contribution in [1.29, 1.82) is 0 Å². The summed E-state index contributed by atoms with van der Waals surface area (Å²) in [5, 5.41) is 3.69. The molecule has 1 fully saturated rings. The molecule has 0 saturated heterocycles. The summed E-state index contributed by atoms with van der Waals surface area (Å²) in [6, 6.07) is 0.287. The van der Waals surface area contributed by atoms with Crippen molar-refractivity contribution in [3.8, 4) is 0 Å². The van der Waals surface area contributed by atoms with Gasteiger partial charge in [-0.25, -0.2) is 0 Å². The van der Waals surface area contributed by atoms with E-state index in [0.29, 0.717) is 5.92 Å². The Balaban J connectivity index is 2.49.